The van der Waals surface area contributed by atoms with E-state index >= 15 is 0 Å². The fraction of sp³-hybridized carbons (Fsp3) is 0.125. The molecular weight excluding hydrogens is 232 g/mol. The molecule has 0 unspecified atom stereocenters. The van der Waals surface area contributed by atoms with Gasteiger partial charge in [-0.25, -0.2) is 9.67 Å². The lowest BCUT2D eigenvalue weighted by molar-refractivity contribution is 0.774. The zero-order valence-corrected chi connectivity index (χ0v) is 8.56. The molecule has 0 fully saturated rings. The summed E-state index contributed by atoms with van der Waals surface area (Å²) in [5.74, 6) is 0.814. The van der Waals surface area contributed by atoms with Gasteiger partial charge in [0, 0.05) is 29.5 Å². The van der Waals surface area contributed by atoms with Gasteiger partial charge < -0.3 is 0 Å². The maximum atomic E-state index is 4.12. The summed E-state index contributed by atoms with van der Waals surface area (Å²) in [6.45, 7) is 0. The van der Waals surface area contributed by atoms with Gasteiger partial charge in [-0.1, -0.05) is 0 Å². The zero-order valence-electron chi connectivity index (χ0n) is 6.98. The standard InChI is InChI=1S/C8H7BrN4/c1-13-8(11-5-12-13)6-2-7(9)4-10-3-6/h2-5H,1H3. The number of aryl methyl sites for hydroxylation is 1. The van der Waals surface area contributed by atoms with Crippen molar-refractivity contribution in [2.45, 2.75) is 0 Å². The van der Waals surface area contributed by atoms with Gasteiger partial charge in [0.1, 0.15) is 6.33 Å². The van der Waals surface area contributed by atoms with E-state index in [1.54, 1.807) is 17.1 Å². The fourth-order valence-electron chi connectivity index (χ4n) is 1.09. The lowest BCUT2D eigenvalue weighted by Gasteiger charge is -1.99. The van der Waals surface area contributed by atoms with E-state index in [1.165, 1.54) is 6.33 Å². The molecule has 0 atom stereocenters. The van der Waals surface area contributed by atoms with Gasteiger partial charge in [-0.3, -0.25) is 4.98 Å². The van der Waals surface area contributed by atoms with Crippen LogP contribution in [0.3, 0.4) is 0 Å². The van der Waals surface area contributed by atoms with Gasteiger partial charge in [0.15, 0.2) is 5.82 Å². The lowest BCUT2D eigenvalue weighted by Crippen LogP contribution is -1.94. The van der Waals surface area contributed by atoms with Crippen molar-refractivity contribution in [2.24, 2.45) is 7.05 Å². The first-order valence-corrected chi connectivity index (χ1v) is 4.51. The predicted molar refractivity (Wildman–Crippen MR) is 51.9 cm³/mol. The maximum absolute atomic E-state index is 4.12. The van der Waals surface area contributed by atoms with Gasteiger partial charge in [-0.2, -0.15) is 5.10 Å². The van der Waals surface area contributed by atoms with Crippen LogP contribution in [0.25, 0.3) is 11.4 Å². The summed E-state index contributed by atoms with van der Waals surface area (Å²) in [6.07, 6.45) is 5.02. The van der Waals surface area contributed by atoms with Crippen LogP contribution in [-0.4, -0.2) is 19.7 Å². The molecule has 13 heavy (non-hydrogen) atoms. The van der Waals surface area contributed by atoms with Gasteiger partial charge in [-0.05, 0) is 22.0 Å². The van der Waals surface area contributed by atoms with Crippen LogP contribution in [0, 0.1) is 0 Å². The van der Waals surface area contributed by atoms with Crippen molar-refractivity contribution >= 4 is 15.9 Å². The number of hydrogen-bond acceptors (Lipinski definition) is 3. The molecule has 0 spiro atoms. The molecule has 0 aliphatic rings. The molecule has 5 heteroatoms. The van der Waals surface area contributed by atoms with Crippen LogP contribution < -0.4 is 0 Å². The van der Waals surface area contributed by atoms with Crippen molar-refractivity contribution in [2.75, 3.05) is 0 Å². The molecule has 0 aliphatic carbocycles. The largest absolute Gasteiger partial charge is 0.263 e. The Labute approximate surface area is 83.8 Å². The number of rotatable bonds is 1. The third-order valence-corrected chi connectivity index (χ3v) is 2.11. The van der Waals surface area contributed by atoms with Crippen LogP contribution in [0.1, 0.15) is 0 Å². The van der Waals surface area contributed by atoms with Crippen LogP contribution in [0.15, 0.2) is 29.3 Å². The van der Waals surface area contributed by atoms with Crippen LogP contribution in [0.4, 0.5) is 0 Å². The van der Waals surface area contributed by atoms with E-state index in [0.717, 1.165) is 15.9 Å². The topological polar surface area (TPSA) is 43.6 Å². The first-order chi connectivity index (χ1) is 6.27. The Bertz CT molecular complexity index is 424. The van der Waals surface area contributed by atoms with Crippen molar-refractivity contribution in [1.29, 1.82) is 0 Å². The van der Waals surface area contributed by atoms with E-state index in [-0.39, 0.29) is 0 Å². The van der Waals surface area contributed by atoms with Crippen LogP contribution in [-0.2, 0) is 7.05 Å². The molecule has 0 saturated heterocycles. The summed E-state index contributed by atoms with van der Waals surface area (Å²) >= 11 is 3.35. The number of aromatic nitrogens is 4. The average molecular weight is 239 g/mol. The van der Waals surface area contributed by atoms with E-state index in [1.807, 2.05) is 13.1 Å². The Morgan fingerprint density at radius 3 is 2.85 bits per heavy atom. The highest BCUT2D eigenvalue weighted by molar-refractivity contribution is 9.10. The predicted octanol–water partition coefficient (Wildman–Crippen LogP) is 1.64. The summed E-state index contributed by atoms with van der Waals surface area (Å²) in [4.78, 5) is 8.17. The normalized spacial score (nSPS) is 10.3. The summed E-state index contributed by atoms with van der Waals surface area (Å²) < 4.78 is 2.65. The van der Waals surface area contributed by atoms with Crippen molar-refractivity contribution in [3.05, 3.63) is 29.3 Å². The molecule has 0 N–H and O–H groups in total. The highest BCUT2D eigenvalue weighted by atomic mass is 79.9. The molecule has 2 heterocycles. The highest BCUT2D eigenvalue weighted by Gasteiger charge is 2.03. The molecule has 2 aromatic rings. The van der Waals surface area contributed by atoms with E-state index in [4.69, 9.17) is 0 Å². The van der Waals surface area contributed by atoms with E-state index in [2.05, 4.69) is 31.0 Å². The second-order valence-electron chi connectivity index (χ2n) is 2.60. The smallest absolute Gasteiger partial charge is 0.159 e. The minimum atomic E-state index is 0.814. The lowest BCUT2D eigenvalue weighted by atomic mass is 10.3. The van der Waals surface area contributed by atoms with Crippen molar-refractivity contribution in [1.82, 2.24) is 19.7 Å². The third kappa shape index (κ3) is 1.60. The van der Waals surface area contributed by atoms with E-state index in [0.29, 0.717) is 0 Å². The summed E-state index contributed by atoms with van der Waals surface area (Å²) in [7, 11) is 1.85. The van der Waals surface area contributed by atoms with Gasteiger partial charge in [0.2, 0.25) is 0 Å². The summed E-state index contributed by atoms with van der Waals surface area (Å²) in [5.41, 5.74) is 0.953. The average Bonchev–Trinajstić information content (AvgIpc) is 2.51. The van der Waals surface area contributed by atoms with Gasteiger partial charge in [-0.15, -0.1) is 0 Å². The first kappa shape index (κ1) is 8.37. The summed E-state index contributed by atoms with van der Waals surface area (Å²) in [5, 5.41) is 3.99. The molecule has 0 bridgehead atoms. The van der Waals surface area contributed by atoms with Crippen molar-refractivity contribution in [3.8, 4) is 11.4 Å². The Morgan fingerprint density at radius 1 is 1.38 bits per heavy atom. The number of hydrogen-bond donors (Lipinski definition) is 0. The molecule has 0 radical (unpaired) electrons. The maximum Gasteiger partial charge on any atom is 0.159 e. The Kier molecular flexibility index (Phi) is 2.10. The minimum Gasteiger partial charge on any atom is -0.263 e. The van der Waals surface area contributed by atoms with Gasteiger partial charge in [0.25, 0.3) is 0 Å². The molecule has 0 saturated carbocycles. The van der Waals surface area contributed by atoms with Crippen molar-refractivity contribution < 1.29 is 0 Å². The van der Waals surface area contributed by atoms with Crippen LogP contribution in [0.5, 0.6) is 0 Å². The fourth-order valence-corrected chi connectivity index (χ4v) is 1.46. The Morgan fingerprint density at radius 2 is 2.23 bits per heavy atom. The molecule has 2 rings (SSSR count). The SMILES string of the molecule is Cn1ncnc1-c1cncc(Br)c1. The number of pyridine rings is 1. The molecule has 66 valence electrons. The Hall–Kier alpha value is -1.23. The van der Waals surface area contributed by atoms with Crippen LogP contribution in [0.2, 0.25) is 0 Å². The second-order valence-corrected chi connectivity index (χ2v) is 3.51. The highest BCUT2D eigenvalue weighted by Crippen LogP contribution is 2.18. The first-order valence-electron chi connectivity index (χ1n) is 3.72. The van der Waals surface area contributed by atoms with Crippen molar-refractivity contribution in [3.63, 3.8) is 0 Å². The van der Waals surface area contributed by atoms with E-state index in [9.17, 15) is 0 Å². The molecule has 0 amide bonds. The van der Waals surface area contributed by atoms with Gasteiger partial charge >= 0.3 is 0 Å². The van der Waals surface area contributed by atoms with Crippen LogP contribution >= 0.6 is 15.9 Å². The molecule has 0 aliphatic heterocycles. The zero-order chi connectivity index (χ0) is 9.26. The number of nitrogens with zero attached hydrogens (tertiary/aromatic N) is 4. The molecule has 4 nitrogen and oxygen atoms in total. The number of halogens is 1. The summed E-state index contributed by atoms with van der Waals surface area (Å²) in [6, 6.07) is 1.96. The Balaban J connectivity index is 2.53. The molecule has 0 aromatic carbocycles. The minimum absolute atomic E-state index is 0.814. The molecule has 2 aromatic heterocycles. The third-order valence-electron chi connectivity index (χ3n) is 1.67. The quantitative estimate of drug-likeness (QED) is 0.759. The van der Waals surface area contributed by atoms with Gasteiger partial charge in [0.05, 0.1) is 0 Å². The van der Waals surface area contributed by atoms with E-state index < -0.39 is 0 Å². The molecular formula is C8H7BrN4. The second kappa shape index (κ2) is 3.26. The monoisotopic (exact) mass is 238 g/mol.